The van der Waals surface area contributed by atoms with E-state index in [0.29, 0.717) is 16.3 Å². The van der Waals surface area contributed by atoms with Crippen molar-refractivity contribution in [3.63, 3.8) is 0 Å². The Labute approximate surface area is 132 Å². The minimum Gasteiger partial charge on any atom is -0.508 e. The van der Waals surface area contributed by atoms with Crippen LogP contribution < -0.4 is 0 Å². The van der Waals surface area contributed by atoms with Gasteiger partial charge >= 0.3 is 10.3 Å². The zero-order valence-electron chi connectivity index (χ0n) is 11.9. The average Bonchev–Trinajstić information content (AvgIpc) is 2.83. The molecule has 1 aromatic carbocycles. The summed E-state index contributed by atoms with van der Waals surface area (Å²) in [7, 11) is -4.57. The number of hydrogen-bond donors (Lipinski definition) is 2. The van der Waals surface area contributed by atoms with Crippen molar-refractivity contribution >= 4 is 28.2 Å². The first kappa shape index (κ1) is 15.5. The molecule has 2 aliphatic rings. The van der Waals surface area contributed by atoms with Crippen molar-refractivity contribution in [1.29, 1.82) is 0 Å². The van der Waals surface area contributed by atoms with Crippen LogP contribution in [-0.2, 0) is 19.9 Å². The number of aromatic hydroxyl groups is 1. The van der Waals surface area contributed by atoms with Gasteiger partial charge in [-0.2, -0.15) is 8.42 Å². The molecule has 2 heterocycles. The molecule has 2 saturated heterocycles. The Morgan fingerprint density at radius 3 is 2.52 bits per heavy atom. The van der Waals surface area contributed by atoms with E-state index < -0.39 is 34.2 Å². The standard InChI is InChI=1S/C14H14N2O6S/c17-10-4-1-9(2-5-10)3-6-12(18)15-8-7-11-13(15)14(19)16(11)23(20,21)22/h1-6,11,13,17H,7-8H2,(H,20,21,22)/t11-,13+/m1/s1. The van der Waals surface area contributed by atoms with E-state index in [1.54, 1.807) is 18.2 Å². The molecule has 2 N–H and O–H groups in total. The Kier molecular flexibility index (Phi) is 3.61. The normalized spacial score (nSPS) is 24.0. The van der Waals surface area contributed by atoms with Crippen LogP contribution in [0, 0.1) is 0 Å². The molecule has 23 heavy (non-hydrogen) atoms. The highest BCUT2D eigenvalue weighted by Crippen LogP contribution is 2.35. The zero-order chi connectivity index (χ0) is 16.8. The maximum atomic E-state index is 12.2. The van der Waals surface area contributed by atoms with Crippen LogP contribution in [0.1, 0.15) is 12.0 Å². The molecule has 122 valence electrons. The molecule has 1 aromatic rings. The first-order chi connectivity index (χ1) is 10.8. The molecule has 9 heteroatoms. The lowest BCUT2D eigenvalue weighted by molar-refractivity contribution is -0.149. The van der Waals surface area contributed by atoms with Crippen LogP contribution in [0.15, 0.2) is 30.3 Å². The first-order valence-electron chi connectivity index (χ1n) is 6.87. The second-order valence-electron chi connectivity index (χ2n) is 5.37. The van der Waals surface area contributed by atoms with Crippen molar-refractivity contribution in [2.45, 2.75) is 18.5 Å². The van der Waals surface area contributed by atoms with Crippen LogP contribution in [0.5, 0.6) is 5.75 Å². The van der Waals surface area contributed by atoms with Crippen molar-refractivity contribution in [1.82, 2.24) is 9.21 Å². The van der Waals surface area contributed by atoms with Crippen LogP contribution >= 0.6 is 0 Å². The summed E-state index contributed by atoms with van der Waals surface area (Å²) in [5, 5.41) is 9.19. The van der Waals surface area contributed by atoms with Crippen LogP contribution in [0.2, 0.25) is 0 Å². The molecule has 0 radical (unpaired) electrons. The van der Waals surface area contributed by atoms with Gasteiger partial charge in [-0.05, 0) is 30.2 Å². The lowest BCUT2D eigenvalue weighted by atomic mass is 10.0. The van der Waals surface area contributed by atoms with Crippen LogP contribution in [-0.4, -0.2) is 57.7 Å². The van der Waals surface area contributed by atoms with Gasteiger partial charge in [0, 0.05) is 12.6 Å². The van der Waals surface area contributed by atoms with E-state index in [-0.39, 0.29) is 12.3 Å². The number of nitrogens with zero attached hydrogens (tertiary/aromatic N) is 2. The van der Waals surface area contributed by atoms with E-state index in [1.807, 2.05) is 0 Å². The van der Waals surface area contributed by atoms with Gasteiger partial charge < -0.3 is 10.0 Å². The Morgan fingerprint density at radius 1 is 1.26 bits per heavy atom. The number of β-lactam (4-membered cyclic amide) rings is 1. The zero-order valence-corrected chi connectivity index (χ0v) is 12.7. The van der Waals surface area contributed by atoms with Gasteiger partial charge in [0.05, 0.1) is 6.04 Å². The molecule has 0 saturated carbocycles. The summed E-state index contributed by atoms with van der Waals surface area (Å²) in [5.74, 6) is -1.09. The van der Waals surface area contributed by atoms with Crippen LogP contribution in [0.3, 0.4) is 0 Å². The third-order valence-corrected chi connectivity index (χ3v) is 4.93. The first-order valence-corrected chi connectivity index (χ1v) is 8.27. The smallest absolute Gasteiger partial charge is 0.362 e. The molecule has 0 aromatic heterocycles. The summed E-state index contributed by atoms with van der Waals surface area (Å²) in [6, 6.07) is 4.68. The molecule has 8 nitrogen and oxygen atoms in total. The maximum Gasteiger partial charge on any atom is 0.362 e. The Morgan fingerprint density at radius 2 is 1.91 bits per heavy atom. The second-order valence-corrected chi connectivity index (χ2v) is 6.66. The van der Waals surface area contributed by atoms with Crippen molar-refractivity contribution in [3.8, 4) is 5.75 Å². The number of carbonyl (C=O) groups excluding carboxylic acids is 2. The van der Waals surface area contributed by atoms with Crippen molar-refractivity contribution < 1.29 is 27.7 Å². The minimum absolute atomic E-state index is 0.112. The Hall–Kier alpha value is -2.39. The van der Waals surface area contributed by atoms with Gasteiger partial charge in [-0.15, -0.1) is 0 Å². The molecule has 3 rings (SSSR count). The number of phenolic OH excluding ortho intramolecular Hbond substituents is 1. The Balaban J connectivity index is 1.71. The molecular formula is C14H14N2O6S. The van der Waals surface area contributed by atoms with E-state index in [2.05, 4.69) is 0 Å². The molecule has 2 fully saturated rings. The molecule has 0 aliphatic carbocycles. The van der Waals surface area contributed by atoms with E-state index in [1.165, 1.54) is 23.1 Å². The van der Waals surface area contributed by atoms with Gasteiger partial charge in [0.15, 0.2) is 0 Å². The summed E-state index contributed by atoms with van der Waals surface area (Å²) in [5.41, 5.74) is 0.700. The Bertz CT molecular complexity index is 786. The number of rotatable bonds is 3. The highest BCUT2D eigenvalue weighted by Gasteiger charge is 2.59. The summed E-state index contributed by atoms with van der Waals surface area (Å²) in [6.07, 6.45) is 3.13. The molecule has 0 unspecified atom stereocenters. The fourth-order valence-electron chi connectivity index (χ4n) is 2.91. The van der Waals surface area contributed by atoms with Crippen molar-refractivity contribution in [2.24, 2.45) is 0 Å². The largest absolute Gasteiger partial charge is 0.508 e. The lowest BCUT2D eigenvalue weighted by Gasteiger charge is -2.42. The van der Waals surface area contributed by atoms with Crippen LogP contribution in [0.25, 0.3) is 6.08 Å². The van der Waals surface area contributed by atoms with E-state index in [4.69, 9.17) is 4.55 Å². The monoisotopic (exact) mass is 338 g/mol. The van der Waals surface area contributed by atoms with Crippen molar-refractivity contribution in [3.05, 3.63) is 35.9 Å². The predicted molar refractivity (Wildman–Crippen MR) is 79.4 cm³/mol. The minimum atomic E-state index is -4.57. The summed E-state index contributed by atoms with van der Waals surface area (Å²) >= 11 is 0. The second kappa shape index (κ2) is 5.36. The molecule has 2 amide bonds. The molecule has 2 aliphatic heterocycles. The van der Waals surface area contributed by atoms with Crippen LogP contribution in [0.4, 0.5) is 0 Å². The third kappa shape index (κ3) is 2.68. The molecule has 0 spiro atoms. The lowest BCUT2D eigenvalue weighted by Crippen LogP contribution is -2.68. The van der Waals surface area contributed by atoms with Gasteiger partial charge in [-0.25, -0.2) is 4.31 Å². The highest BCUT2D eigenvalue weighted by atomic mass is 32.2. The van der Waals surface area contributed by atoms with Gasteiger partial charge in [-0.1, -0.05) is 12.1 Å². The summed E-state index contributed by atoms with van der Waals surface area (Å²) in [4.78, 5) is 25.3. The quantitative estimate of drug-likeness (QED) is 0.456. The average molecular weight is 338 g/mol. The maximum absolute atomic E-state index is 12.2. The number of likely N-dealkylation sites (tertiary alicyclic amines) is 1. The SMILES string of the molecule is O=C(C=Cc1ccc(O)cc1)N1CC[C@@H]2[C@H]1C(=O)N2S(=O)(=O)O. The predicted octanol–water partition coefficient (Wildman–Crippen LogP) is 0.0199. The number of phenols is 1. The number of hydrogen-bond acceptors (Lipinski definition) is 5. The molecular weight excluding hydrogens is 324 g/mol. The van der Waals surface area contributed by atoms with Gasteiger partial charge in [-0.3, -0.25) is 14.1 Å². The van der Waals surface area contributed by atoms with E-state index in [0.717, 1.165) is 0 Å². The number of benzene rings is 1. The molecule has 0 bridgehead atoms. The highest BCUT2D eigenvalue weighted by molar-refractivity contribution is 7.84. The van der Waals surface area contributed by atoms with Gasteiger partial charge in [0.1, 0.15) is 11.8 Å². The van der Waals surface area contributed by atoms with E-state index in [9.17, 15) is 23.1 Å². The number of fused-ring (bicyclic) bond motifs is 1. The van der Waals surface area contributed by atoms with Crippen molar-refractivity contribution in [2.75, 3.05) is 6.54 Å². The summed E-state index contributed by atoms with van der Waals surface area (Å²) < 4.78 is 31.6. The number of carbonyl (C=O) groups is 2. The fraction of sp³-hybridized carbons (Fsp3) is 0.286. The van der Waals surface area contributed by atoms with Gasteiger partial charge in [0.25, 0.3) is 5.91 Å². The topological polar surface area (TPSA) is 115 Å². The van der Waals surface area contributed by atoms with E-state index >= 15 is 0 Å². The number of amides is 2. The summed E-state index contributed by atoms with van der Waals surface area (Å²) in [6.45, 7) is 0.242. The third-order valence-electron chi connectivity index (χ3n) is 3.98. The molecule has 2 atom stereocenters. The fourth-order valence-corrected chi connectivity index (χ4v) is 3.81. The van der Waals surface area contributed by atoms with Gasteiger partial charge in [0.2, 0.25) is 5.91 Å².